The highest BCUT2D eigenvalue weighted by atomic mass is 16.5. The van der Waals surface area contributed by atoms with Gasteiger partial charge in [-0.1, -0.05) is 6.92 Å². The predicted octanol–water partition coefficient (Wildman–Crippen LogP) is 1.79. The van der Waals surface area contributed by atoms with E-state index in [0.717, 1.165) is 12.8 Å². The van der Waals surface area contributed by atoms with Gasteiger partial charge in [0, 0.05) is 37.4 Å². The van der Waals surface area contributed by atoms with Crippen LogP contribution in [0, 0.1) is 11.8 Å². The van der Waals surface area contributed by atoms with Crippen LogP contribution in [0.4, 0.5) is 0 Å². The fraction of sp³-hybridized carbons (Fsp3) is 0.625. The first-order valence-corrected chi connectivity index (χ1v) is 7.89. The topological polar surface area (TPSA) is 80.0 Å². The summed E-state index contributed by atoms with van der Waals surface area (Å²) in [7, 11) is 0. The van der Waals surface area contributed by atoms with Gasteiger partial charge < -0.3 is 19.2 Å². The fourth-order valence-corrected chi connectivity index (χ4v) is 4.26. The van der Waals surface area contributed by atoms with Gasteiger partial charge in [0.1, 0.15) is 11.3 Å². The van der Waals surface area contributed by atoms with Gasteiger partial charge in [-0.25, -0.2) is 4.79 Å². The Bertz CT molecular complexity index is 618. The lowest BCUT2D eigenvalue weighted by Gasteiger charge is -2.17. The number of aryl methyl sites for hydroxylation is 1. The average molecular weight is 305 g/mol. The number of carbonyl (C=O) groups is 2. The molecule has 4 unspecified atom stereocenters. The van der Waals surface area contributed by atoms with Crippen molar-refractivity contribution in [2.45, 2.75) is 38.4 Å². The number of aromatic carboxylic acids is 1. The highest BCUT2D eigenvalue weighted by Gasteiger charge is 2.54. The maximum Gasteiger partial charge on any atom is 0.339 e. The summed E-state index contributed by atoms with van der Waals surface area (Å²) in [5, 5.41) is 9.16. The molecule has 0 aliphatic carbocycles. The van der Waals surface area contributed by atoms with Crippen LogP contribution in [0.5, 0.6) is 0 Å². The van der Waals surface area contributed by atoms with E-state index in [2.05, 4.69) is 0 Å². The van der Waals surface area contributed by atoms with Crippen molar-refractivity contribution in [1.82, 2.24) is 4.90 Å². The fourth-order valence-electron chi connectivity index (χ4n) is 4.26. The number of carboxylic acids is 1. The summed E-state index contributed by atoms with van der Waals surface area (Å²) in [6, 6.07) is 1.36. The molecule has 0 spiro atoms. The number of fused-ring (bicyclic) bond motifs is 5. The molecule has 3 saturated heterocycles. The summed E-state index contributed by atoms with van der Waals surface area (Å²) in [5.41, 5.74) is 0.0913. The van der Waals surface area contributed by atoms with E-state index in [1.54, 1.807) is 4.90 Å². The first kappa shape index (κ1) is 13.8. The van der Waals surface area contributed by atoms with Gasteiger partial charge in [-0.2, -0.15) is 0 Å². The third-order valence-corrected chi connectivity index (χ3v) is 5.31. The smallest absolute Gasteiger partial charge is 0.339 e. The van der Waals surface area contributed by atoms with Crippen LogP contribution in [0.25, 0.3) is 0 Å². The number of carboxylic acid groups (broad SMARTS) is 1. The quantitative estimate of drug-likeness (QED) is 0.921. The lowest BCUT2D eigenvalue weighted by Crippen LogP contribution is -2.31. The molecular weight excluding hydrogens is 286 g/mol. The van der Waals surface area contributed by atoms with Crippen LogP contribution >= 0.6 is 0 Å². The van der Waals surface area contributed by atoms with Crippen LogP contribution in [0.2, 0.25) is 0 Å². The minimum absolute atomic E-state index is 0.0913. The Labute approximate surface area is 128 Å². The molecule has 1 aromatic heterocycles. The number of hydrogen-bond acceptors (Lipinski definition) is 4. The van der Waals surface area contributed by atoms with E-state index in [9.17, 15) is 9.59 Å². The molecular formula is C16H19NO5. The highest BCUT2D eigenvalue weighted by Crippen LogP contribution is 2.47. The number of likely N-dealkylation sites (tertiary alicyclic amines) is 1. The predicted molar refractivity (Wildman–Crippen MR) is 75.8 cm³/mol. The lowest BCUT2D eigenvalue weighted by molar-refractivity contribution is 0.0574. The molecule has 1 amide bonds. The van der Waals surface area contributed by atoms with Crippen molar-refractivity contribution in [1.29, 1.82) is 0 Å². The van der Waals surface area contributed by atoms with Crippen molar-refractivity contribution in [2.75, 3.05) is 13.1 Å². The van der Waals surface area contributed by atoms with E-state index in [1.165, 1.54) is 6.07 Å². The van der Waals surface area contributed by atoms with Gasteiger partial charge in [-0.05, 0) is 12.8 Å². The van der Waals surface area contributed by atoms with E-state index in [1.807, 2.05) is 6.92 Å². The Balaban J connectivity index is 1.54. The Morgan fingerprint density at radius 3 is 2.41 bits per heavy atom. The first-order chi connectivity index (χ1) is 10.6. The van der Waals surface area contributed by atoms with E-state index in [4.69, 9.17) is 14.3 Å². The molecule has 6 heteroatoms. The number of amides is 1. The monoisotopic (exact) mass is 305 g/mol. The van der Waals surface area contributed by atoms with Crippen LogP contribution in [0.3, 0.4) is 0 Å². The number of ether oxygens (including phenoxy) is 1. The van der Waals surface area contributed by atoms with Crippen LogP contribution in [0.1, 0.15) is 46.4 Å². The number of rotatable bonds is 3. The lowest BCUT2D eigenvalue weighted by atomic mass is 9.82. The van der Waals surface area contributed by atoms with Gasteiger partial charge in [-0.3, -0.25) is 4.79 Å². The van der Waals surface area contributed by atoms with Crippen molar-refractivity contribution in [3.8, 4) is 0 Å². The minimum atomic E-state index is -1.05. The number of carbonyl (C=O) groups excluding carboxylic acids is 1. The van der Waals surface area contributed by atoms with E-state index >= 15 is 0 Å². The molecule has 4 atom stereocenters. The van der Waals surface area contributed by atoms with Crippen molar-refractivity contribution in [3.05, 3.63) is 23.2 Å². The number of furan rings is 1. The maximum atomic E-state index is 12.6. The molecule has 1 N–H and O–H groups in total. The van der Waals surface area contributed by atoms with Gasteiger partial charge >= 0.3 is 5.97 Å². The number of hydrogen-bond donors (Lipinski definition) is 1. The van der Waals surface area contributed by atoms with Crippen molar-refractivity contribution in [3.63, 3.8) is 0 Å². The van der Waals surface area contributed by atoms with Crippen LogP contribution in [-0.2, 0) is 11.2 Å². The zero-order valence-electron chi connectivity index (χ0n) is 12.4. The molecule has 0 saturated carbocycles. The van der Waals surface area contributed by atoms with Gasteiger partial charge in [0.2, 0.25) is 0 Å². The normalized spacial score (nSPS) is 32.5. The molecule has 0 aromatic carbocycles. The standard InChI is InChI=1S/C16H19NO5/c1-2-11-8(16(19)20)5-14(21-11)15(18)17-6-9-10(7-17)13-4-3-12(9)22-13/h5,9-10,12-13H,2-4,6-7H2,1H3,(H,19,20). The SMILES string of the molecule is CCc1oc(C(=O)N2CC3C4CCC(O4)C3C2)cc1C(=O)O. The molecule has 4 rings (SSSR count). The van der Waals surface area contributed by atoms with Crippen molar-refractivity contribution < 1.29 is 23.8 Å². The molecule has 3 fully saturated rings. The molecule has 118 valence electrons. The largest absolute Gasteiger partial charge is 0.478 e. The highest BCUT2D eigenvalue weighted by molar-refractivity contribution is 5.96. The zero-order chi connectivity index (χ0) is 15.4. The van der Waals surface area contributed by atoms with Crippen molar-refractivity contribution in [2.24, 2.45) is 11.8 Å². The van der Waals surface area contributed by atoms with Crippen LogP contribution in [-0.4, -0.2) is 47.2 Å². The summed E-state index contributed by atoms with van der Waals surface area (Å²) in [6.45, 7) is 3.19. The Morgan fingerprint density at radius 1 is 1.27 bits per heavy atom. The van der Waals surface area contributed by atoms with Crippen LogP contribution in [0.15, 0.2) is 10.5 Å². The Hall–Kier alpha value is -1.82. The third-order valence-electron chi connectivity index (χ3n) is 5.31. The second-order valence-corrected chi connectivity index (χ2v) is 6.43. The zero-order valence-corrected chi connectivity index (χ0v) is 12.4. The van der Waals surface area contributed by atoms with E-state index in [0.29, 0.717) is 49.3 Å². The summed E-state index contributed by atoms with van der Waals surface area (Å²) in [4.78, 5) is 25.6. The molecule has 4 heterocycles. The summed E-state index contributed by atoms with van der Waals surface area (Å²) in [6.07, 6.45) is 3.24. The first-order valence-electron chi connectivity index (χ1n) is 7.89. The summed E-state index contributed by atoms with van der Waals surface area (Å²) < 4.78 is 11.4. The van der Waals surface area contributed by atoms with Gasteiger partial charge in [0.05, 0.1) is 12.2 Å². The molecule has 6 nitrogen and oxygen atoms in total. The molecule has 22 heavy (non-hydrogen) atoms. The molecule has 0 radical (unpaired) electrons. The molecule has 3 aliphatic heterocycles. The minimum Gasteiger partial charge on any atom is -0.478 e. The number of nitrogens with zero attached hydrogens (tertiary/aromatic N) is 1. The van der Waals surface area contributed by atoms with Gasteiger partial charge in [0.25, 0.3) is 5.91 Å². The average Bonchev–Trinajstić information content (AvgIpc) is 3.24. The molecule has 3 aliphatic rings. The van der Waals surface area contributed by atoms with Gasteiger partial charge in [-0.15, -0.1) is 0 Å². The Kier molecular flexibility index (Phi) is 3.04. The van der Waals surface area contributed by atoms with Crippen LogP contribution < -0.4 is 0 Å². The third kappa shape index (κ3) is 1.90. The second kappa shape index (κ2) is 4.84. The molecule has 1 aromatic rings. The Morgan fingerprint density at radius 2 is 1.91 bits per heavy atom. The maximum absolute atomic E-state index is 12.6. The summed E-state index contributed by atoms with van der Waals surface area (Å²) >= 11 is 0. The van der Waals surface area contributed by atoms with E-state index in [-0.39, 0.29) is 17.2 Å². The molecule has 2 bridgehead atoms. The van der Waals surface area contributed by atoms with Gasteiger partial charge in [0.15, 0.2) is 5.76 Å². The van der Waals surface area contributed by atoms with Crippen molar-refractivity contribution >= 4 is 11.9 Å². The summed E-state index contributed by atoms with van der Waals surface area (Å²) in [5.74, 6) is 0.117. The van der Waals surface area contributed by atoms with E-state index < -0.39 is 5.97 Å². The second-order valence-electron chi connectivity index (χ2n) is 6.43.